The van der Waals surface area contributed by atoms with E-state index in [2.05, 4.69) is 26.8 Å². The van der Waals surface area contributed by atoms with Crippen LogP contribution in [-0.4, -0.2) is 47.4 Å². The highest BCUT2D eigenvalue weighted by Crippen LogP contribution is 2.70. The largest absolute Gasteiger partial charge is 0.462 e. The molecule has 4 aliphatic rings. The van der Waals surface area contributed by atoms with Crippen LogP contribution < -0.4 is 0 Å². The lowest BCUT2D eigenvalue weighted by atomic mass is 9.48. The first kappa shape index (κ1) is 32.9. The first-order chi connectivity index (χ1) is 19.6. The van der Waals surface area contributed by atoms with Gasteiger partial charge in [0.05, 0.1) is 0 Å². The fourth-order valence-electron chi connectivity index (χ4n) is 10.2. The van der Waals surface area contributed by atoms with E-state index < -0.39 is 24.1 Å². The van der Waals surface area contributed by atoms with Gasteiger partial charge in [-0.05, 0) is 78.6 Å². The lowest BCUT2D eigenvalue weighted by Crippen LogP contribution is -2.51. The number of ether oxygens (including phenoxy) is 2. The Kier molecular flexibility index (Phi) is 9.53. The molecule has 4 aliphatic carbocycles. The lowest BCUT2D eigenvalue weighted by molar-refractivity contribution is -0.166. The average Bonchev–Trinajstić information content (AvgIpc) is 3.16. The summed E-state index contributed by atoms with van der Waals surface area (Å²) in [5, 5.41) is 9.78. The third-order valence-corrected chi connectivity index (χ3v) is 12.9. The lowest BCUT2D eigenvalue weighted by Gasteiger charge is -2.56. The van der Waals surface area contributed by atoms with Gasteiger partial charge < -0.3 is 14.6 Å². The van der Waals surface area contributed by atoms with Crippen molar-refractivity contribution in [2.24, 2.45) is 57.7 Å². The predicted molar refractivity (Wildman–Crippen MR) is 160 cm³/mol. The van der Waals surface area contributed by atoms with Crippen LogP contribution in [0.4, 0.5) is 0 Å². The van der Waals surface area contributed by atoms with E-state index in [4.69, 9.17) is 9.47 Å². The zero-order valence-electron chi connectivity index (χ0n) is 27.1. The Morgan fingerprint density at radius 1 is 1.00 bits per heavy atom. The minimum Gasteiger partial charge on any atom is -0.462 e. The molecule has 42 heavy (non-hydrogen) atoms. The van der Waals surface area contributed by atoms with Crippen molar-refractivity contribution in [2.45, 2.75) is 119 Å². The summed E-state index contributed by atoms with van der Waals surface area (Å²) in [5.74, 6) is -1.36. The van der Waals surface area contributed by atoms with Crippen LogP contribution in [0.25, 0.3) is 0 Å². The Morgan fingerprint density at radius 2 is 1.67 bits per heavy atom. The van der Waals surface area contributed by atoms with E-state index in [1.54, 1.807) is 6.92 Å². The second kappa shape index (κ2) is 12.2. The number of allylic oxidation sites excluding steroid dienone is 2. The summed E-state index contributed by atoms with van der Waals surface area (Å²) in [6.07, 6.45) is 10.5. The number of rotatable bonds is 8. The van der Waals surface area contributed by atoms with Crippen molar-refractivity contribution in [1.82, 2.24) is 0 Å². The van der Waals surface area contributed by atoms with E-state index in [0.717, 1.165) is 44.9 Å². The molecule has 4 rings (SSSR count). The van der Waals surface area contributed by atoms with Crippen molar-refractivity contribution in [3.63, 3.8) is 0 Å². The molecule has 7 nitrogen and oxygen atoms in total. The van der Waals surface area contributed by atoms with Crippen LogP contribution in [0.2, 0.25) is 0 Å². The van der Waals surface area contributed by atoms with E-state index in [9.17, 15) is 24.3 Å². The number of hydrogen-bond donors (Lipinski definition) is 1. The quantitative estimate of drug-likeness (QED) is 0.342. The van der Waals surface area contributed by atoms with Gasteiger partial charge in [0.1, 0.15) is 6.10 Å². The number of carbonyl (C=O) groups excluding carboxylic acids is 4. The molecule has 0 amide bonds. The first-order valence-corrected chi connectivity index (χ1v) is 16.3. The highest BCUT2D eigenvalue weighted by Gasteiger charge is 2.66. The number of carbonyl (C=O) groups is 4. The summed E-state index contributed by atoms with van der Waals surface area (Å²) < 4.78 is 11.9. The number of ketones is 2. The second-order valence-electron chi connectivity index (χ2n) is 15.0. The summed E-state index contributed by atoms with van der Waals surface area (Å²) in [6, 6.07) is 0. The molecule has 0 aromatic carbocycles. The maximum Gasteiger partial charge on any atom is 0.303 e. The monoisotopic (exact) mass is 586 g/mol. The van der Waals surface area contributed by atoms with Crippen LogP contribution in [0, 0.1) is 57.7 Å². The number of aliphatic hydroxyl groups excluding tert-OH is 1. The Bertz CT molecular complexity index is 1100. The second-order valence-corrected chi connectivity index (χ2v) is 15.0. The molecule has 1 spiro atoms. The molecule has 236 valence electrons. The standard InChI is InChI=1S/C35H54O7/c1-20(19-36)21(2)31(40)32(42-25(6)38)23(4)30-29(41-24(5)37)18-34(8)26-11-12-27-22(3)28(39)13-16-35(27,17-26)15-10-9-14-33(30,34)7/h13,16,20-23,26-27,29-30,32,36H,9-12,14-15,17-19H2,1-8H3/t20-,21?,22?,23-,26+,27-,29-,30-,32+,33+,34-,35?/m0/s1. The summed E-state index contributed by atoms with van der Waals surface area (Å²) in [5.41, 5.74) is -0.447. The number of hydrogen-bond acceptors (Lipinski definition) is 7. The molecule has 3 fully saturated rings. The smallest absolute Gasteiger partial charge is 0.303 e. The Morgan fingerprint density at radius 3 is 2.29 bits per heavy atom. The van der Waals surface area contributed by atoms with Crippen LogP contribution in [-0.2, 0) is 28.7 Å². The molecule has 0 heterocycles. The van der Waals surface area contributed by atoms with Crippen LogP contribution in [0.5, 0.6) is 0 Å². The summed E-state index contributed by atoms with van der Waals surface area (Å²) >= 11 is 0. The first-order valence-electron chi connectivity index (χ1n) is 16.3. The molecule has 0 aromatic heterocycles. The maximum absolute atomic E-state index is 13.9. The van der Waals surface area contributed by atoms with Gasteiger partial charge in [-0.3, -0.25) is 19.2 Å². The van der Waals surface area contributed by atoms with Gasteiger partial charge in [-0.1, -0.05) is 60.5 Å². The normalized spacial score (nSPS) is 40.7. The topological polar surface area (TPSA) is 107 Å². The van der Waals surface area contributed by atoms with Crippen LogP contribution in [0.15, 0.2) is 12.2 Å². The van der Waals surface area contributed by atoms with Gasteiger partial charge in [0, 0.05) is 44.1 Å². The van der Waals surface area contributed by atoms with Gasteiger partial charge >= 0.3 is 11.9 Å². The predicted octanol–water partition coefficient (Wildman–Crippen LogP) is 6.10. The molecular formula is C35H54O7. The average molecular weight is 587 g/mol. The Hall–Kier alpha value is -2.02. The molecule has 0 saturated heterocycles. The summed E-state index contributed by atoms with van der Waals surface area (Å²) in [6.45, 7) is 15.1. The summed E-state index contributed by atoms with van der Waals surface area (Å²) in [7, 11) is 0. The summed E-state index contributed by atoms with van der Waals surface area (Å²) in [4.78, 5) is 51.4. The number of fused-ring (bicyclic) bond motifs is 3. The molecule has 0 aromatic rings. The van der Waals surface area contributed by atoms with Crippen molar-refractivity contribution in [2.75, 3.05) is 6.61 Å². The molecule has 2 bridgehead atoms. The van der Waals surface area contributed by atoms with Gasteiger partial charge in [-0.2, -0.15) is 0 Å². The van der Waals surface area contributed by atoms with E-state index in [-0.39, 0.29) is 64.1 Å². The molecule has 7 heteroatoms. The molecule has 3 unspecified atom stereocenters. The molecule has 12 atom stereocenters. The van der Waals surface area contributed by atoms with E-state index in [1.807, 2.05) is 19.9 Å². The fourth-order valence-corrected chi connectivity index (χ4v) is 10.2. The van der Waals surface area contributed by atoms with Crippen molar-refractivity contribution in [1.29, 1.82) is 0 Å². The Labute approximate surface area is 252 Å². The van der Waals surface area contributed by atoms with Crippen molar-refractivity contribution in [3.8, 4) is 0 Å². The third kappa shape index (κ3) is 5.52. The molecular weight excluding hydrogens is 532 g/mol. The van der Waals surface area contributed by atoms with Gasteiger partial charge in [0.25, 0.3) is 0 Å². The molecule has 0 radical (unpaired) electrons. The number of Topliss-reactive ketones (excluding diaryl/α,β-unsaturated/α-hetero) is 1. The fraction of sp³-hybridized carbons (Fsp3) is 0.829. The van der Waals surface area contributed by atoms with E-state index >= 15 is 0 Å². The number of esters is 2. The van der Waals surface area contributed by atoms with Crippen LogP contribution >= 0.6 is 0 Å². The minimum atomic E-state index is -0.989. The van der Waals surface area contributed by atoms with Gasteiger partial charge in [-0.25, -0.2) is 0 Å². The van der Waals surface area contributed by atoms with Gasteiger partial charge in [-0.15, -0.1) is 0 Å². The van der Waals surface area contributed by atoms with E-state index in [0.29, 0.717) is 18.3 Å². The van der Waals surface area contributed by atoms with Crippen molar-refractivity contribution >= 4 is 23.5 Å². The highest BCUT2D eigenvalue weighted by atomic mass is 16.6. The van der Waals surface area contributed by atoms with E-state index in [1.165, 1.54) is 13.8 Å². The number of aliphatic hydroxyl groups is 1. The van der Waals surface area contributed by atoms with Gasteiger partial charge in [0.2, 0.25) is 0 Å². The van der Waals surface area contributed by atoms with Crippen LogP contribution in [0.3, 0.4) is 0 Å². The maximum atomic E-state index is 13.9. The van der Waals surface area contributed by atoms with Crippen molar-refractivity contribution < 1.29 is 33.8 Å². The van der Waals surface area contributed by atoms with Crippen LogP contribution in [0.1, 0.15) is 107 Å². The van der Waals surface area contributed by atoms with Gasteiger partial charge in [0.15, 0.2) is 17.7 Å². The molecule has 0 aliphatic heterocycles. The highest BCUT2D eigenvalue weighted by molar-refractivity contribution is 5.93. The SMILES string of the molecule is CC(=O)O[C@H]1C[C@@]2(C)[C@@H]3CC[C@H]4C(C)C(=O)C=CC4(CCCC[C@]2(C)[C@H]1[C@H](C)[C@@H](OC(C)=O)C(=O)C(C)[C@@H](C)CO)C3. The zero-order chi connectivity index (χ0) is 31.2. The minimum absolute atomic E-state index is 0.0112. The zero-order valence-corrected chi connectivity index (χ0v) is 27.1. The molecule has 3 saturated carbocycles. The van der Waals surface area contributed by atoms with Crippen molar-refractivity contribution in [3.05, 3.63) is 12.2 Å². The Balaban J connectivity index is 1.78. The third-order valence-electron chi connectivity index (χ3n) is 12.9. The molecule has 1 N–H and O–H groups in total.